The fraction of sp³-hybridized carbons (Fsp3) is 0.765. The van der Waals surface area contributed by atoms with Crippen molar-refractivity contribution >= 4 is 36.4 Å². The summed E-state index contributed by atoms with van der Waals surface area (Å²) in [5.41, 5.74) is 0. The van der Waals surface area contributed by atoms with Crippen LogP contribution in [0.5, 0.6) is 0 Å². The molecular weight excluding hydrogens is 358 g/mol. The highest BCUT2D eigenvalue weighted by molar-refractivity contribution is 7.98. The average molecular weight is 389 g/mol. The molecule has 0 bridgehead atoms. The Hall–Kier alpha value is -1.04. The number of hydrogen-bond donors (Lipinski definition) is 3. The summed E-state index contributed by atoms with van der Waals surface area (Å²) in [4.78, 5) is 24.2. The van der Waals surface area contributed by atoms with Crippen molar-refractivity contribution in [1.82, 2.24) is 10.6 Å². The number of nitrogens with zero attached hydrogens (tertiary/aromatic N) is 1. The summed E-state index contributed by atoms with van der Waals surface area (Å²) in [7, 11) is 2.25. The van der Waals surface area contributed by atoms with Crippen molar-refractivity contribution in [1.29, 1.82) is 0 Å². The first kappa shape index (κ1) is 22.0. The highest BCUT2D eigenvalue weighted by Gasteiger charge is 2.31. The molecule has 8 heteroatoms. The first-order chi connectivity index (χ1) is 11.8. The zero-order valence-electron chi connectivity index (χ0n) is 15.5. The fourth-order valence-corrected chi connectivity index (χ4v) is 3.71. The van der Waals surface area contributed by atoms with Crippen molar-refractivity contribution in [2.75, 3.05) is 38.9 Å². The normalized spacial score (nSPS) is 24.0. The third kappa shape index (κ3) is 8.25. The predicted molar refractivity (Wildman–Crippen MR) is 105 cm³/mol. The van der Waals surface area contributed by atoms with Crippen LogP contribution < -0.4 is 10.6 Å². The lowest BCUT2D eigenvalue weighted by Gasteiger charge is -2.40. The van der Waals surface area contributed by atoms with E-state index in [2.05, 4.69) is 47.7 Å². The Balaban J connectivity index is 2.51. The van der Waals surface area contributed by atoms with E-state index in [1.54, 1.807) is 0 Å². The van der Waals surface area contributed by atoms with Crippen LogP contribution in [0.25, 0.3) is 0 Å². The molecule has 6 nitrogen and oxygen atoms in total. The van der Waals surface area contributed by atoms with Crippen LogP contribution in [0.15, 0.2) is 0 Å². The van der Waals surface area contributed by atoms with Gasteiger partial charge in [-0.2, -0.15) is 0 Å². The molecule has 0 aliphatic carbocycles. The third-order valence-corrected chi connectivity index (χ3v) is 5.11. The summed E-state index contributed by atoms with van der Waals surface area (Å²) in [6.07, 6.45) is 3.31. The van der Waals surface area contributed by atoms with Crippen molar-refractivity contribution < 1.29 is 18.8 Å². The molecule has 1 fully saturated rings. The maximum absolute atomic E-state index is 12.4. The quantitative estimate of drug-likeness (QED) is 0.353. The van der Waals surface area contributed by atoms with Gasteiger partial charge >= 0.3 is 6.09 Å². The first-order valence-electron chi connectivity index (χ1n) is 8.50. The number of nitrogens with one attached hydrogen (secondary N) is 2. The summed E-state index contributed by atoms with van der Waals surface area (Å²) in [5.74, 6) is 3.61. The number of carbonyl (C=O) groups is 2. The molecule has 142 valence electrons. The van der Waals surface area contributed by atoms with Gasteiger partial charge in [-0.25, -0.2) is 4.79 Å². The Morgan fingerprint density at radius 2 is 2.00 bits per heavy atom. The molecule has 25 heavy (non-hydrogen) atoms. The smallest absolute Gasteiger partial charge is 0.408 e. The summed E-state index contributed by atoms with van der Waals surface area (Å²) < 4.78 is 6.07. The lowest BCUT2D eigenvalue weighted by atomic mass is 10.0. The zero-order valence-corrected chi connectivity index (χ0v) is 17.2. The summed E-state index contributed by atoms with van der Waals surface area (Å²) >= 11 is 5.68. The van der Waals surface area contributed by atoms with Crippen molar-refractivity contribution in [3.8, 4) is 11.2 Å². The van der Waals surface area contributed by atoms with E-state index in [9.17, 15) is 9.59 Å². The van der Waals surface area contributed by atoms with Crippen LogP contribution in [0.1, 0.15) is 26.7 Å². The summed E-state index contributed by atoms with van der Waals surface area (Å²) in [6.45, 7) is 6.23. The molecule has 1 heterocycles. The number of quaternary nitrogens is 1. The minimum absolute atomic E-state index is 0.109. The molecule has 0 aromatic rings. The molecule has 1 aliphatic heterocycles. The molecule has 1 aliphatic rings. The van der Waals surface area contributed by atoms with Crippen LogP contribution in [0.3, 0.4) is 0 Å². The van der Waals surface area contributed by atoms with Crippen LogP contribution in [0, 0.1) is 17.1 Å². The Morgan fingerprint density at radius 1 is 1.36 bits per heavy atom. The second-order valence-electron chi connectivity index (χ2n) is 7.09. The first-order valence-corrected chi connectivity index (χ1v) is 10.3. The van der Waals surface area contributed by atoms with Gasteiger partial charge in [-0.1, -0.05) is 32.4 Å². The second kappa shape index (κ2) is 10.8. The number of hydrogen-bond acceptors (Lipinski definition) is 5. The van der Waals surface area contributed by atoms with Crippen molar-refractivity contribution in [3.63, 3.8) is 0 Å². The maximum Gasteiger partial charge on any atom is 0.408 e. The van der Waals surface area contributed by atoms with E-state index in [0.29, 0.717) is 6.61 Å². The highest BCUT2D eigenvalue weighted by Crippen LogP contribution is 2.19. The number of ether oxygens (including phenoxy) is 1. The second-order valence-corrected chi connectivity index (χ2v) is 8.15. The number of thioether (sulfide) groups is 1. The Morgan fingerprint density at radius 3 is 2.52 bits per heavy atom. The number of carbonyl (C=O) groups excluding carboxylic acids is 2. The lowest BCUT2D eigenvalue weighted by Crippen LogP contribution is -2.56. The standard InChI is InChI=1S/C17H29N3O3S2/c1-13(2)11-23-17(22)19-15(7-10-24)16(21)18-14-5-8-20(3,9-6-14)12-25-4/h13-15H,5-6,8-9,11-12H2,1-4H3,(H2-,18,19,21,22,24)/p+1. The van der Waals surface area contributed by atoms with Gasteiger partial charge in [-0.05, 0) is 17.4 Å². The molecule has 0 saturated carbocycles. The highest BCUT2D eigenvalue weighted by atomic mass is 32.2. The molecular formula is C17H30N3O3S2+. The van der Waals surface area contributed by atoms with Crippen LogP contribution >= 0.6 is 24.4 Å². The molecule has 1 atom stereocenters. The molecule has 2 amide bonds. The van der Waals surface area contributed by atoms with Gasteiger partial charge in [-0.15, -0.1) is 11.8 Å². The van der Waals surface area contributed by atoms with E-state index in [1.165, 1.54) is 0 Å². The summed E-state index contributed by atoms with van der Waals surface area (Å²) in [6, 6.07) is -0.843. The number of rotatable bonds is 7. The zero-order chi connectivity index (χ0) is 18.9. The summed E-state index contributed by atoms with van der Waals surface area (Å²) in [5, 5.41) is 7.88. The molecule has 0 spiro atoms. The predicted octanol–water partition coefficient (Wildman–Crippen LogP) is 1.67. The minimum Gasteiger partial charge on any atom is -0.449 e. The Labute approximate surface area is 160 Å². The number of likely N-dealkylation sites (tertiary alicyclic amines) is 1. The molecule has 0 aromatic heterocycles. The van der Waals surface area contributed by atoms with Gasteiger partial charge in [0.1, 0.15) is 5.88 Å². The van der Waals surface area contributed by atoms with Gasteiger partial charge in [0, 0.05) is 18.9 Å². The fourth-order valence-electron chi connectivity index (χ4n) is 2.69. The number of thiol groups is 1. The van der Waals surface area contributed by atoms with Gasteiger partial charge < -0.3 is 14.5 Å². The average Bonchev–Trinajstić information content (AvgIpc) is 2.55. The van der Waals surface area contributed by atoms with E-state index in [1.807, 2.05) is 25.6 Å². The van der Waals surface area contributed by atoms with E-state index in [-0.39, 0.29) is 17.9 Å². The largest absolute Gasteiger partial charge is 0.449 e. The van der Waals surface area contributed by atoms with Crippen LogP contribution in [0.4, 0.5) is 4.79 Å². The van der Waals surface area contributed by atoms with Gasteiger partial charge in [0.25, 0.3) is 5.91 Å². The van der Waals surface area contributed by atoms with Crippen molar-refractivity contribution in [2.24, 2.45) is 5.92 Å². The van der Waals surface area contributed by atoms with Gasteiger partial charge in [0.05, 0.1) is 26.7 Å². The Bertz CT molecular complexity index is 509. The molecule has 2 N–H and O–H groups in total. The van der Waals surface area contributed by atoms with Gasteiger partial charge in [0.15, 0.2) is 6.04 Å². The minimum atomic E-state index is -0.953. The molecule has 1 saturated heterocycles. The molecule has 0 aromatic carbocycles. The van der Waals surface area contributed by atoms with Crippen LogP contribution in [0.2, 0.25) is 0 Å². The third-order valence-electron chi connectivity index (χ3n) is 4.10. The van der Waals surface area contributed by atoms with E-state index < -0.39 is 12.1 Å². The SMILES string of the molecule is CSC[N+]1(C)CCC(NC(=O)C(C#CS)NC(=O)OCC(C)C)CC1. The van der Waals surface area contributed by atoms with Crippen LogP contribution in [-0.4, -0.2) is 67.4 Å². The van der Waals surface area contributed by atoms with Crippen LogP contribution in [-0.2, 0) is 9.53 Å². The number of piperidine rings is 1. The molecule has 0 radical (unpaired) electrons. The number of amides is 2. The maximum atomic E-state index is 12.4. The van der Waals surface area contributed by atoms with E-state index in [0.717, 1.165) is 36.3 Å². The Kier molecular flexibility index (Phi) is 9.54. The topological polar surface area (TPSA) is 67.4 Å². The van der Waals surface area contributed by atoms with Gasteiger partial charge in [0.2, 0.25) is 0 Å². The molecule has 1 rings (SSSR count). The van der Waals surface area contributed by atoms with Crippen molar-refractivity contribution in [2.45, 2.75) is 38.8 Å². The lowest BCUT2D eigenvalue weighted by molar-refractivity contribution is -0.902. The van der Waals surface area contributed by atoms with E-state index >= 15 is 0 Å². The van der Waals surface area contributed by atoms with Gasteiger partial charge in [-0.3, -0.25) is 10.1 Å². The number of alkyl carbamates (subject to hydrolysis) is 1. The van der Waals surface area contributed by atoms with E-state index in [4.69, 9.17) is 4.74 Å². The van der Waals surface area contributed by atoms with Crippen molar-refractivity contribution in [3.05, 3.63) is 0 Å². The molecule has 1 unspecified atom stereocenters. The monoisotopic (exact) mass is 388 g/mol.